The van der Waals surface area contributed by atoms with Crippen LogP contribution in [0.25, 0.3) is 0 Å². The number of aromatic carboxylic acids is 1. The van der Waals surface area contributed by atoms with Gasteiger partial charge in [-0.3, -0.25) is 4.79 Å². The lowest BCUT2D eigenvalue weighted by Gasteiger charge is -2.19. The fourth-order valence-electron chi connectivity index (χ4n) is 3.73. The van der Waals surface area contributed by atoms with Crippen LogP contribution in [-0.2, 0) is 11.2 Å². The molecule has 0 heterocycles. The normalized spacial score (nSPS) is 12.4. The predicted molar refractivity (Wildman–Crippen MR) is 153 cm³/mol. The van der Waals surface area contributed by atoms with E-state index in [1.165, 1.54) is 6.07 Å². The molecule has 12 heteroatoms. The topological polar surface area (TPSA) is 146 Å². The molecule has 0 saturated heterocycles. The zero-order chi connectivity index (χ0) is 29.2. The number of carbonyl (C=O) groups is 2. The quantitative estimate of drug-likeness (QED) is 0.138. The van der Waals surface area contributed by atoms with Crippen molar-refractivity contribution in [2.24, 2.45) is 0 Å². The van der Waals surface area contributed by atoms with Gasteiger partial charge in [0.1, 0.15) is 5.75 Å². The Balaban J connectivity index is 1.44. The summed E-state index contributed by atoms with van der Waals surface area (Å²) in [5.41, 5.74) is 1.76. The average molecular weight is 613 g/mol. The molecule has 0 aliphatic heterocycles. The molecule has 2 atom stereocenters. The number of benzene rings is 3. The highest BCUT2D eigenvalue weighted by Crippen LogP contribution is 2.35. The van der Waals surface area contributed by atoms with Crippen molar-refractivity contribution in [3.63, 3.8) is 0 Å². The minimum atomic E-state index is -1.10. The van der Waals surface area contributed by atoms with Crippen molar-refractivity contribution in [1.29, 1.82) is 0 Å². The van der Waals surface area contributed by atoms with Crippen molar-refractivity contribution in [3.05, 3.63) is 80.8 Å². The molecule has 5 N–H and O–H groups in total. The molecule has 3 rings (SSSR count). The van der Waals surface area contributed by atoms with Gasteiger partial charge in [0.2, 0.25) is 0 Å². The van der Waals surface area contributed by atoms with Crippen LogP contribution in [0.3, 0.4) is 0 Å². The molecule has 0 saturated carbocycles. The summed E-state index contributed by atoms with van der Waals surface area (Å²) in [6.07, 6.45) is -1.78. The first-order chi connectivity index (χ1) is 19.0. The van der Waals surface area contributed by atoms with Gasteiger partial charge in [0.15, 0.2) is 5.75 Å². The van der Waals surface area contributed by atoms with E-state index < -0.39 is 24.1 Å². The Labute approximate surface area is 245 Å². The lowest BCUT2D eigenvalue weighted by atomic mass is 10.1. The molecule has 0 aromatic heterocycles. The second kappa shape index (κ2) is 15.0. The van der Waals surface area contributed by atoms with Crippen LogP contribution in [0.4, 0.5) is 11.4 Å². The number of para-hydroxylation sites is 1. The number of aryl methyl sites for hydroxylation is 1. The minimum absolute atomic E-state index is 0.0261. The Morgan fingerprint density at radius 3 is 2.05 bits per heavy atom. The third-order valence-corrected chi connectivity index (χ3v) is 6.69. The van der Waals surface area contributed by atoms with Crippen LogP contribution in [0.1, 0.15) is 35.2 Å². The SMILES string of the molecule is O=C(O)CCc1cc(Cl)c(OCCC(O)C(O)CCOc2ccc(Nc3ccccc3C(=O)O)cc2Cl)c(Cl)c1. The van der Waals surface area contributed by atoms with Gasteiger partial charge in [-0.15, -0.1) is 0 Å². The van der Waals surface area contributed by atoms with Crippen molar-refractivity contribution in [3.8, 4) is 11.5 Å². The van der Waals surface area contributed by atoms with E-state index in [2.05, 4.69) is 5.32 Å². The fourth-order valence-corrected chi connectivity index (χ4v) is 4.61. The molecule has 0 bridgehead atoms. The first-order valence-corrected chi connectivity index (χ1v) is 13.4. The molecule has 3 aromatic carbocycles. The molecule has 0 fully saturated rings. The molecule has 0 aliphatic rings. The van der Waals surface area contributed by atoms with Crippen LogP contribution in [0.5, 0.6) is 11.5 Å². The number of hydrogen-bond acceptors (Lipinski definition) is 7. The number of aliphatic hydroxyl groups excluding tert-OH is 2. The molecule has 3 aromatic rings. The van der Waals surface area contributed by atoms with E-state index in [0.29, 0.717) is 22.7 Å². The number of ether oxygens (including phenoxy) is 2. The van der Waals surface area contributed by atoms with Crippen molar-refractivity contribution in [1.82, 2.24) is 0 Å². The number of anilines is 2. The number of aliphatic hydroxyl groups is 2. The van der Waals surface area contributed by atoms with E-state index in [-0.39, 0.29) is 65.3 Å². The Morgan fingerprint density at radius 1 is 0.825 bits per heavy atom. The summed E-state index contributed by atoms with van der Waals surface area (Å²) in [6, 6.07) is 14.5. The van der Waals surface area contributed by atoms with Gasteiger partial charge in [-0.05, 0) is 54.4 Å². The van der Waals surface area contributed by atoms with E-state index >= 15 is 0 Å². The van der Waals surface area contributed by atoms with Gasteiger partial charge in [-0.1, -0.05) is 46.9 Å². The maximum atomic E-state index is 11.4. The number of carboxylic acid groups (broad SMARTS) is 2. The summed E-state index contributed by atoms with van der Waals surface area (Å²) >= 11 is 18.7. The van der Waals surface area contributed by atoms with Crippen LogP contribution in [0.15, 0.2) is 54.6 Å². The van der Waals surface area contributed by atoms with Gasteiger partial charge in [0, 0.05) is 24.9 Å². The molecule has 0 aliphatic carbocycles. The molecule has 9 nitrogen and oxygen atoms in total. The fraction of sp³-hybridized carbons (Fsp3) is 0.286. The first kappa shape index (κ1) is 31.3. The molecule has 0 amide bonds. The standard InChI is InChI=1S/C28H28Cl3NO8/c29-19-15-17(32-22-4-2-1-3-18(22)28(37)38)6-7-25(19)39-11-9-23(33)24(34)10-12-40-27-20(30)13-16(14-21(27)31)5-8-26(35)36/h1-4,6-7,13-15,23-24,32-34H,5,8-12H2,(H,35,36)(H,37,38). The van der Waals surface area contributed by atoms with Crippen LogP contribution >= 0.6 is 34.8 Å². The van der Waals surface area contributed by atoms with E-state index in [1.54, 1.807) is 48.5 Å². The molecular weight excluding hydrogens is 585 g/mol. The monoisotopic (exact) mass is 611 g/mol. The number of hydrogen-bond donors (Lipinski definition) is 5. The van der Waals surface area contributed by atoms with Gasteiger partial charge in [0.05, 0.1) is 51.7 Å². The minimum Gasteiger partial charge on any atom is -0.492 e. The Morgan fingerprint density at radius 2 is 1.45 bits per heavy atom. The van der Waals surface area contributed by atoms with E-state index in [0.717, 1.165) is 0 Å². The maximum absolute atomic E-state index is 11.4. The summed E-state index contributed by atoms with van der Waals surface area (Å²) < 4.78 is 11.2. The van der Waals surface area contributed by atoms with Crippen molar-refractivity contribution in [2.45, 2.75) is 37.9 Å². The molecular formula is C28H28Cl3NO8. The average Bonchev–Trinajstić information content (AvgIpc) is 2.90. The van der Waals surface area contributed by atoms with Gasteiger partial charge in [-0.25, -0.2) is 4.79 Å². The van der Waals surface area contributed by atoms with E-state index in [1.807, 2.05) is 0 Å². The summed E-state index contributed by atoms with van der Waals surface area (Å²) in [7, 11) is 0. The van der Waals surface area contributed by atoms with Gasteiger partial charge in [-0.2, -0.15) is 0 Å². The second-order valence-electron chi connectivity index (χ2n) is 8.81. The van der Waals surface area contributed by atoms with Gasteiger partial charge < -0.3 is 35.2 Å². The molecule has 214 valence electrons. The van der Waals surface area contributed by atoms with Crippen molar-refractivity contribution in [2.75, 3.05) is 18.5 Å². The first-order valence-electron chi connectivity index (χ1n) is 12.3. The number of rotatable bonds is 15. The van der Waals surface area contributed by atoms with Gasteiger partial charge >= 0.3 is 11.9 Å². The van der Waals surface area contributed by atoms with Gasteiger partial charge in [0.25, 0.3) is 0 Å². The Bertz CT molecular complexity index is 1310. The Kier molecular flexibility index (Phi) is 11.7. The van der Waals surface area contributed by atoms with Crippen molar-refractivity contribution < 1.29 is 39.5 Å². The van der Waals surface area contributed by atoms with E-state index in [9.17, 15) is 24.9 Å². The number of halogens is 3. The summed E-state index contributed by atoms with van der Waals surface area (Å²) in [6.45, 7) is 0.0984. The molecule has 40 heavy (non-hydrogen) atoms. The highest BCUT2D eigenvalue weighted by Gasteiger charge is 2.18. The predicted octanol–water partition coefficient (Wildman–Crippen LogP) is 6.07. The third kappa shape index (κ3) is 9.18. The Hall–Kier alpha value is -3.21. The lowest BCUT2D eigenvalue weighted by Crippen LogP contribution is -2.29. The second-order valence-corrected chi connectivity index (χ2v) is 10.0. The van der Waals surface area contributed by atoms with Crippen LogP contribution in [-0.4, -0.2) is 57.8 Å². The maximum Gasteiger partial charge on any atom is 0.337 e. The number of nitrogens with one attached hydrogen (secondary N) is 1. The van der Waals surface area contributed by atoms with Crippen molar-refractivity contribution >= 4 is 58.1 Å². The third-order valence-electron chi connectivity index (χ3n) is 5.83. The summed E-state index contributed by atoms with van der Waals surface area (Å²) in [5.74, 6) is -1.41. The molecule has 2 unspecified atom stereocenters. The van der Waals surface area contributed by atoms with Crippen LogP contribution < -0.4 is 14.8 Å². The molecule has 0 spiro atoms. The lowest BCUT2D eigenvalue weighted by molar-refractivity contribution is -0.136. The number of aliphatic carboxylic acids is 1. The summed E-state index contributed by atoms with van der Waals surface area (Å²) in [5, 5.41) is 42.5. The summed E-state index contributed by atoms with van der Waals surface area (Å²) in [4.78, 5) is 22.1. The van der Waals surface area contributed by atoms with E-state index in [4.69, 9.17) is 49.4 Å². The largest absolute Gasteiger partial charge is 0.492 e. The number of carboxylic acids is 2. The zero-order valence-corrected chi connectivity index (χ0v) is 23.4. The van der Waals surface area contributed by atoms with Crippen LogP contribution in [0, 0.1) is 0 Å². The van der Waals surface area contributed by atoms with Crippen LogP contribution in [0.2, 0.25) is 15.1 Å². The highest BCUT2D eigenvalue weighted by molar-refractivity contribution is 6.37. The zero-order valence-electron chi connectivity index (χ0n) is 21.1. The molecule has 0 radical (unpaired) electrons. The highest BCUT2D eigenvalue weighted by atomic mass is 35.5. The smallest absolute Gasteiger partial charge is 0.337 e.